The first-order valence-corrected chi connectivity index (χ1v) is 11.0. The van der Waals surface area contributed by atoms with E-state index in [4.69, 9.17) is 4.74 Å². The Balaban J connectivity index is 1.75. The molecule has 0 saturated heterocycles. The van der Waals surface area contributed by atoms with Gasteiger partial charge in [0.2, 0.25) is 5.91 Å². The zero-order chi connectivity index (χ0) is 22.2. The van der Waals surface area contributed by atoms with Crippen LogP contribution in [0.15, 0.2) is 39.9 Å². The van der Waals surface area contributed by atoms with Gasteiger partial charge in [0.15, 0.2) is 0 Å². The number of aromatic nitrogens is 2. The molecule has 8 nitrogen and oxygen atoms in total. The Kier molecular flexibility index (Phi) is 5.83. The van der Waals surface area contributed by atoms with E-state index in [0.29, 0.717) is 29.8 Å². The molecule has 1 amide bonds. The van der Waals surface area contributed by atoms with Crippen molar-refractivity contribution >= 4 is 27.5 Å². The number of hydrogen-bond acceptors (Lipinski definition) is 6. The number of fused-ring (bicyclic) bond motifs is 3. The molecule has 9 heteroatoms. The first kappa shape index (κ1) is 21.5. The van der Waals surface area contributed by atoms with Gasteiger partial charge in [0, 0.05) is 17.8 Å². The van der Waals surface area contributed by atoms with E-state index < -0.39 is 16.9 Å². The van der Waals surface area contributed by atoms with E-state index in [1.54, 1.807) is 0 Å². The Morgan fingerprint density at radius 2 is 1.97 bits per heavy atom. The summed E-state index contributed by atoms with van der Waals surface area (Å²) in [5.41, 5.74) is 0.366. The van der Waals surface area contributed by atoms with Crippen LogP contribution < -0.4 is 16.6 Å². The molecule has 0 radical (unpaired) electrons. The number of carbonyl (C=O) groups excluding carboxylic acids is 1. The van der Waals surface area contributed by atoms with Crippen LogP contribution >= 0.6 is 11.3 Å². The molecule has 1 aromatic carbocycles. The predicted molar refractivity (Wildman–Crippen MR) is 118 cm³/mol. The number of rotatable bonds is 6. The second kappa shape index (κ2) is 8.41. The molecule has 2 aromatic heterocycles. The molecule has 0 unspecified atom stereocenters. The van der Waals surface area contributed by atoms with Crippen molar-refractivity contribution in [3.63, 3.8) is 0 Å². The summed E-state index contributed by atoms with van der Waals surface area (Å²) < 4.78 is 8.22. The third kappa shape index (κ3) is 4.21. The number of aliphatic hydroxyl groups excluding tert-OH is 1. The van der Waals surface area contributed by atoms with Gasteiger partial charge in [0.1, 0.15) is 11.4 Å². The number of nitrogens with one attached hydrogen (secondary N) is 1. The molecule has 0 saturated carbocycles. The summed E-state index contributed by atoms with van der Waals surface area (Å²) in [6.07, 6.45) is 0.537. The van der Waals surface area contributed by atoms with E-state index in [-0.39, 0.29) is 25.6 Å². The number of aliphatic hydroxyl groups is 1. The molecule has 3 aromatic rings. The van der Waals surface area contributed by atoms with Crippen LogP contribution in [0, 0.1) is 0 Å². The molecule has 0 spiro atoms. The number of amides is 1. The van der Waals surface area contributed by atoms with Gasteiger partial charge in [-0.25, -0.2) is 4.79 Å². The monoisotopic (exact) mass is 443 g/mol. The van der Waals surface area contributed by atoms with E-state index in [1.165, 1.54) is 15.9 Å². The van der Waals surface area contributed by atoms with Gasteiger partial charge >= 0.3 is 5.69 Å². The summed E-state index contributed by atoms with van der Waals surface area (Å²) in [4.78, 5) is 40.2. The van der Waals surface area contributed by atoms with Crippen molar-refractivity contribution in [1.29, 1.82) is 0 Å². The number of benzene rings is 1. The normalized spacial score (nSPS) is 15.1. The summed E-state index contributed by atoms with van der Waals surface area (Å²) in [5.74, 6) is -0.329. The third-order valence-corrected chi connectivity index (χ3v) is 6.62. The van der Waals surface area contributed by atoms with E-state index in [9.17, 15) is 19.5 Å². The lowest BCUT2D eigenvalue weighted by Gasteiger charge is -2.29. The topological polar surface area (TPSA) is 103 Å². The van der Waals surface area contributed by atoms with Gasteiger partial charge in [-0.3, -0.25) is 18.7 Å². The van der Waals surface area contributed by atoms with E-state index in [1.807, 2.05) is 44.2 Å². The van der Waals surface area contributed by atoms with Crippen LogP contribution in [0.1, 0.15) is 29.9 Å². The predicted octanol–water partition coefficient (Wildman–Crippen LogP) is 1.38. The smallest absolute Gasteiger partial charge is 0.332 e. The number of hydrogen-bond donors (Lipinski definition) is 2. The van der Waals surface area contributed by atoms with Crippen molar-refractivity contribution in [2.24, 2.45) is 0 Å². The van der Waals surface area contributed by atoms with Crippen LogP contribution in [-0.4, -0.2) is 32.4 Å². The molecule has 31 heavy (non-hydrogen) atoms. The van der Waals surface area contributed by atoms with Crippen molar-refractivity contribution in [3.05, 3.63) is 67.2 Å². The van der Waals surface area contributed by atoms with Gasteiger partial charge in [0.25, 0.3) is 5.56 Å². The van der Waals surface area contributed by atoms with Gasteiger partial charge in [-0.15, -0.1) is 11.3 Å². The molecule has 1 aliphatic heterocycles. The highest BCUT2D eigenvalue weighted by Crippen LogP contribution is 2.37. The Hall–Kier alpha value is -2.75. The Morgan fingerprint density at radius 1 is 1.23 bits per heavy atom. The summed E-state index contributed by atoms with van der Waals surface area (Å²) in [5, 5.41) is 12.7. The first-order chi connectivity index (χ1) is 14.8. The van der Waals surface area contributed by atoms with Crippen LogP contribution in [0.2, 0.25) is 0 Å². The fraction of sp³-hybridized carbons (Fsp3) is 0.409. The van der Waals surface area contributed by atoms with Gasteiger partial charge in [-0.2, -0.15) is 0 Å². The largest absolute Gasteiger partial charge is 0.395 e. The fourth-order valence-corrected chi connectivity index (χ4v) is 5.05. The summed E-state index contributed by atoms with van der Waals surface area (Å²) in [6, 6.07) is 9.48. The standard InChI is InChI=1S/C22H25N3O5S/c1-22(2)10-15-16(13-30-22)31-20-18(15)19(28)24(8-9-26)21(29)25(20)12-17(27)23-11-14-6-4-3-5-7-14/h3-7,26H,8-13H2,1-2H3,(H,23,27). The molecule has 0 bridgehead atoms. The lowest BCUT2D eigenvalue weighted by atomic mass is 9.94. The van der Waals surface area contributed by atoms with Crippen LogP contribution in [0.4, 0.5) is 0 Å². The lowest BCUT2D eigenvalue weighted by molar-refractivity contribution is -0.121. The zero-order valence-corrected chi connectivity index (χ0v) is 18.3. The minimum Gasteiger partial charge on any atom is -0.395 e. The van der Waals surface area contributed by atoms with E-state index in [2.05, 4.69) is 5.32 Å². The van der Waals surface area contributed by atoms with E-state index in [0.717, 1.165) is 20.6 Å². The lowest BCUT2D eigenvalue weighted by Crippen LogP contribution is -2.43. The molecule has 164 valence electrons. The van der Waals surface area contributed by atoms with Crippen molar-refractivity contribution in [1.82, 2.24) is 14.5 Å². The summed E-state index contributed by atoms with van der Waals surface area (Å²) in [7, 11) is 0. The molecular formula is C22H25N3O5S. The van der Waals surface area contributed by atoms with Crippen molar-refractivity contribution in [3.8, 4) is 0 Å². The highest BCUT2D eigenvalue weighted by molar-refractivity contribution is 7.18. The molecule has 2 N–H and O–H groups in total. The molecule has 0 atom stereocenters. The van der Waals surface area contributed by atoms with Crippen LogP contribution in [0.25, 0.3) is 10.2 Å². The first-order valence-electron chi connectivity index (χ1n) is 10.1. The average Bonchev–Trinajstić information content (AvgIpc) is 3.11. The second-order valence-electron chi connectivity index (χ2n) is 8.22. The quantitative estimate of drug-likeness (QED) is 0.599. The van der Waals surface area contributed by atoms with Crippen LogP contribution in [0.3, 0.4) is 0 Å². The van der Waals surface area contributed by atoms with Crippen LogP contribution in [0.5, 0.6) is 0 Å². The Labute approximate surface area is 182 Å². The number of ether oxygens (including phenoxy) is 1. The van der Waals surface area contributed by atoms with Gasteiger partial charge in [0.05, 0.1) is 30.7 Å². The zero-order valence-electron chi connectivity index (χ0n) is 17.5. The van der Waals surface area contributed by atoms with E-state index >= 15 is 0 Å². The highest BCUT2D eigenvalue weighted by Gasteiger charge is 2.32. The van der Waals surface area contributed by atoms with Crippen molar-refractivity contribution in [2.75, 3.05) is 6.61 Å². The maximum atomic E-state index is 13.1. The molecule has 0 fully saturated rings. The summed E-state index contributed by atoms with van der Waals surface area (Å²) >= 11 is 1.32. The van der Waals surface area contributed by atoms with Crippen LogP contribution in [-0.2, 0) is 42.2 Å². The Bertz CT molecular complexity index is 1240. The van der Waals surface area contributed by atoms with Gasteiger partial charge in [-0.05, 0) is 25.0 Å². The second-order valence-corrected chi connectivity index (χ2v) is 9.30. The number of nitrogens with zero attached hydrogens (tertiary/aromatic N) is 2. The van der Waals surface area contributed by atoms with Crippen molar-refractivity contribution in [2.45, 2.75) is 52.1 Å². The highest BCUT2D eigenvalue weighted by atomic mass is 32.1. The Morgan fingerprint density at radius 3 is 2.68 bits per heavy atom. The maximum Gasteiger partial charge on any atom is 0.332 e. The number of carbonyl (C=O) groups is 1. The van der Waals surface area contributed by atoms with Gasteiger partial charge in [-0.1, -0.05) is 30.3 Å². The summed E-state index contributed by atoms with van der Waals surface area (Å²) in [6.45, 7) is 3.94. The minimum absolute atomic E-state index is 0.121. The van der Waals surface area contributed by atoms with Crippen molar-refractivity contribution < 1.29 is 14.6 Å². The minimum atomic E-state index is -0.597. The maximum absolute atomic E-state index is 13.1. The molecule has 3 heterocycles. The molecular weight excluding hydrogens is 418 g/mol. The number of thiophene rings is 1. The fourth-order valence-electron chi connectivity index (χ4n) is 3.84. The molecule has 0 aliphatic carbocycles. The third-order valence-electron chi connectivity index (χ3n) is 5.39. The SMILES string of the molecule is CC1(C)Cc2c(sc3c2c(=O)n(CCO)c(=O)n3CC(=O)NCc2ccccc2)CO1. The van der Waals surface area contributed by atoms with Gasteiger partial charge < -0.3 is 15.2 Å². The molecule has 1 aliphatic rings. The molecule has 4 rings (SSSR count). The average molecular weight is 444 g/mol.